The Labute approximate surface area is 143 Å². The maximum atomic E-state index is 13.9. The maximum Gasteiger partial charge on any atom is 0.276 e. The van der Waals surface area contributed by atoms with Crippen molar-refractivity contribution in [3.05, 3.63) is 59.8 Å². The molecule has 1 saturated heterocycles. The van der Waals surface area contributed by atoms with Gasteiger partial charge in [-0.3, -0.25) is 9.48 Å². The van der Waals surface area contributed by atoms with Gasteiger partial charge in [-0.2, -0.15) is 5.10 Å². The van der Waals surface area contributed by atoms with Crippen LogP contribution in [-0.4, -0.2) is 32.3 Å². The minimum Gasteiger partial charge on any atom is -0.355 e. The minimum absolute atomic E-state index is 0.0187. The minimum atomic E-state index is -0.410. The molecule has 0 bridgehead atoms. The zero-order valence-electron chi connectivity index (χ0n) is 13.7. The van der Waals surface area contributed by atoms with Gasteiger partial charge in [-0.1, -0.05) is 17.3 Å². The van der Waals surface area contributed by atoms with Crippen molar-refractivity contribution in [2.24, 2.45) is 7.05 Å². The number of aromatic nitrogens is 3. The highest BCUT2D eigenvalue weighted by Crippen LogP contribution is 2.33. The number of amides is 1. The van der Waals surface area contributed by atoms with E-state index in [9.17, 15) is 9.18 Å². The Balaban J connectivity index is 1.60. The highest BCUT2D eigenvalue weighted by Gasteiger charge is 2.33. The number of rotatable bonds is 3. The van der Waals surface area contributed by atoms with Crippen molar-refractivity contribution in [1.82, 2.24) is 19.8 Å². The van der Waals surface area contributed by atoms with Crippen molar-refractivity contribution in [2.75, 3.05) is 6.54 Å². The molecule has 128 valence electrons. The van der Waals surface area contributed by atoms with Crippen LogP contribution in [0.1, 0.15) is 34.9 Å². The third-order valence-corrected chi connectivity index (χ3v) is 4.49. The summed E-state index contributed by atoms with van der Waals surface area (Å²) >= 11 is 0. The van der Waals surface area contributed by atoms with Crippen LogP contribution >= 0.6 is 0 Å². The van der Waals surface area contributed by atoms with E-state index in [0.717, 1.165) is 18.4 Å². The largest absolute Gasteiger partial charge is 0.355 e. The van der Waals surface area contributed by atoms with E-state index in [1.165, 1.54) is 12.1 Å². The van der Waals surface area contributed by atoms with Crippen LogP contribution in [0.3, 0.4) is 0 Å². The van der Waals surface area contributed by atoms with Gasteiger partial charge in [0, 0.05) is 31.4 Å². The van der Waals surface area contributed by atoms with Gasteiger partial charge < -0.3 is 9.42 Å². The molecule has 6 nitrogen and oxygen atoms in total. The lowest BCUT2D eigenvalue weighted by Gasteiger charge is -2.22. The van der Waals surface area contributed by atoms with E-state index in [4.69, 9.17) is 4.52 Å². The second-order valence-corrected chi connectivity index (χ2v) is 6.16. The summed E-state index contributed by atoms with van der Waals surface area (Å²) in [6.07, 6.45) is 5.51. The van der Waals surface area contributed by atoms with E-state index < -0.39 is 5.82 Å². The number of likely N-dealkylation sites (tertiary alicyclic amines) is 1. The second kappa shape index (κ2) is 6.16. The molecule has 0 spiro atoms. The topological polar surface area (TPSA) is 64.2 Å². The Bertz CT molecular complexity index is 917. The summed E-state index contributed by atoms with van der Waals surface area (Å²) < 4.78 is 20.8. The molecule has 0 saturated carbocycles. The fraction of sp³-hybridized carbons (Fsp3) is 0.278. The summed E-state index contributed by atoms with van der Waals surface area (Å²) in [6.45, 7) is 0.653. The Morgan fingerprint density at radius 3 is 2.96 bits per heavy atom. The van der Waals surface area contributed by atoms with Gasteiger partial charge in [0.2, 0.25) is 0 Å². The molecule has 3 heterocycles. The van der Waals surface area contributed by atoms with E-state index in [-0.39, 0.29) is 23.4 Å². The number of hydrogen-bond donors (Lipinski definition) is 0. The molecule has 1 aliphatic heterocycles. The van der Waals surface area contributed by atoms with Crippen LogP contribution in [0.15, 0.2) is 47.2 Å². The van der Waals surface area contributed by atoms with E-state index in [0.29, 0.717) is 12.1 Å². The Morgan fingerprint density at radius 2 is 2.20 bits per heavy atom. The molecule has 1 aliphatic rings. The standard InChI is InChI=1S/C18H17FN4O2/c1-22-11-12(10-20-22)16-7-4-8-23(16)18(24)15-9-17(25-21-15)13-5-2-3-6-14(13)19/h2-3,5-6,9-11,16H,4,7-8H2,1H3/t16-/m1/s1. The Morgan fingerprint density at radius 1 is 1.36 bits per heavy atom. The molecule has 0 radical (unpaired) electrons. The highest BCUT2D eigenvalue weighted by molar-refractivity contribution is 5.93. The Hall–Kier alpha value is -2.96. The van der Waals surface area contributed by atoms with Crippen molar-refractivity contribution in [2.45, 2.75) is 18.9 Å². The first-order valence-corrected chi connectivity index (χ1v) is 8.14. The molecule has 0 unspecified atom stereocenters. The molecule has 0 aliphatic carbocycles. The molecule has 3 aromatic rings. The number of hydrogen-bond acceptors (Lipinski definition) is 4. The van der Waals surface area contributed by atoms with Gasteiger partial charge in [0.25, 0.3) is 5.91 Å². The monoisotopic (exact) mass is 340 g/mol. The van der Waals surface area contributed by atoms with Crippen LogP contribution in [0.25, 0.3) is 11.3 Å². The predicted molar refractivity (Wildman–Crippen MR) is 88.1 cm³/mol. The van der Waals surface area contributed by atoms with Gasteiger partial charge >= 0.3 is 0 Å². The molecular weight excluding hydrogens is 323 g/mol. The van der Waals surface area contributed by atoms with Crippen molar-refractivity contribution in [3.63, 3.8) is 0 Å². The van der Waals surface area contributed by atoms with Gasteiger partial charge in [-0.05, 0) is 25.0 Å². The average Bonchev–Trinajstić information content (AvgIpc) is 3.34. The third-order valence-electron chi connectivity index (χ3n) is 4.49. The number of carbonyl (C=O) groups is 1. The van der Waals surface area contributed by atoms with E-state index in [2.05, 4.69) is 10.3 Å². The molecule has 0 N–H and O–H groups in total. The van der Waals surface area contributed by atoms with Crippen LogP contribution in [0.5, 0.6) is 0 Å². The van der Waals surface area contributed by atoms with Crippen LogP contribution in [0.2, 0.25) is 0 Å². The third kappa shape index (κ3) is 2.82. The molecule has 1 fully saturated rings. The molecular formula is C18H17FN4O2. The number of benzene rings is 1. The first kappa shape index (κ1) is 15.6. The van der Waals surface area contributed by atoms with Gasteiger partial charge in [-0.15, -0.1) is 0 Å². The SMILES string of the molecule is Cn1cc([C@H]2CCCN2C(=O)c2cc(-c3ccccc3F)on2)cn1. The second-order valence-electron chi connectivity index (χ2n) is 6.16. The van der Waals surface area contributed by atoms with Crippen molar-refractivity contribution in [1.29, 1.82) is 0 Å². The summed E-state index contributed by atoms with van der Waals surface area (Å²) in [5.41, 5.74) is 1.49. The molecule has 1 amide bonds. The molecule has 1 aromatic carbocycles. The van der Waals surface area contributed by atoms with Gasteiger partial charge in [0.05, 0.1) is 17.8 Å². The zero-order chi connectivity index (χ0) is 17.4. The lowest BCUT2D eigenvalue weighted by Crippen LogP contribution is -2.30. The van der Waals surface area contributed by atoms with Crippen molar-refractivity contribution < 1.29 is 13.7 Å². The summed E-state index contributed by atoms with van der Waals surface area (Å²) in [4.78, 5) is 14.6. The highest BCUT2D eigenvalue weighted by atomic mass is 19.1. The van der Waals surface area contributed by atoms with Gasteiger partial charge in [0.1, 0.15) is 5.82 Å². The Kier molecular flexibility index (Phi) is 3.83. The normalized spacial score (nSPS) is 17.2. The van der Waals surface area contributed by atoms with Gasteiger partial charge in [0.15, 0.2) is 11.5 Å². The van der Waals surface area contributed by atoms with Crippen molar-refractivity contribution >= 4 is 5.91 Å². The summed E-state index contributed by atoms with van der Waals surface area (Å²) in [6, 6.07) is 7.73. The number of aryl methyl sites for hydroxylation is 1. The lowest BCUT2D eigenvalue weighted by atomic mass is 10.1. The van der Waals surface area contributed by atoms with E-state index in [1.54, 1.807) is 34.0 Å². The van der Waals surface area contributed by atoms with Crippen LogP contribution in [0, 0.1) is 5.82 Å². The number of nitrogens with zero attached hydrogens (tertiary/aromatic N) is 4. The molecule has 1 atom stereocenters. The van der Waals surface area contributed by atoms with Crippen molar-refractivity contribution in [3.8, 4) is 11.3 Å². The summed E-state index contributed by atoms with van der Waals surface area (Å²) in [5.74, 6) is -0.372. The number of carbonyl (C=O) groups excluding carboxylic acids is 1. The fourth-order valence-electron chi connectivity index (χ4n) is 3.28. The average molecular weight is 340 g/mol. The molecule has 2 aromatic heterocycles. The van der Waals surface area contributed by atoms with E-state index >= 15 is 0 Å². The van der Waals surface area contributed by atoms with E-state index in [1.807, 2.05) is 13.2 Å². The van der Waals surface area contributed by atoms with Crippen LogP contribution in [0.4, 0.5) is 4.39 Å². The smallest absolute Gasteiger partial charge is 0.276 e. The summed E-state index contributed by atoms with van der Waals surface area (Å²) in [7, 11) is 1.85. The lowest BCUT2D eigenvalue weighted by molar-refractivity contribution is 0.0725. The summed E-state index contributed by atoms with van der Waals surface area (Å²) in [5, 5.41) is 8.04. The molecule has 25 heavy (non-hydrogen) atoms. The quantitative estimate of drug-likeness (QED) is 0.734. The van der Waals surface area contributed by atoms with Gasteiger partial charge in [-0.25, -0.2) is 4.39 Å². The maximum absolute atomic E-state index is 13.9. The van der Waals surface area contributed by atoms with Crippen LogP contribution < -0.4 is 0 Å². The zero-order valence-corrected chi connectivity index (χ0v) is 13.7. The number of halogens is 1. The fourth-order valence-corrected chi connectivity index (χ4v) is 3.28. The van der Waals surface area contributed by atoms with Crippen LogP contribution in [-0.2, 0) is 7.05 Å². The molecule has 7 heteroatoms. The first-order chi connectivity index (χ1) is 12.1. The first-order valence-electron chi connectivity index (χ1n) is 8.14. The predicted octanol–water partition coefficient (Wildman–Crippen LogP) is 3.19. The molecule has 4 rings (SSSR count).